The molecule has 2 rings (SSSR count). The van der Waals surface area contributed by atoms with E-state index in [4.69, 9.17) is 0 Å². The van der Waals surface area contributed by atoms with Crippen LogP contribution in [0, 0.1) is 0 Å². The monoisotopic (exact) mass is 259 g/mol. The summed E-state index contributed by atoms with van der Waals surface area (Å²) < 4.78 is 27.8. The molecular formula is C10H17N3O3S. The van der Waals surface area contributed by atoms with Crippen molar-refractivity contribution in [2.24, 2.45) is 0 Å². The quantitative estimate of drug-likeness (QED) is 0.785. The van der Waals surface area contributed by atoms with Crippen LogP contribution in [-0.4, -0.2) is 35.2 Å². The summed E-state index contributed by atoms with van der Waals surface area (Å²) in [5.74, 6) is 0. The van der Waals surface area contributed by atoms with Crippen LogP contribution in [0.5, 0.6) is 0 Å². The van der Waals surface area contributed by atoms with Gasteiger partial charge in [-0.15, -0.1) is 0 Å². The Morgan fingerprint density at radius 3 is 2.76 bits per heavy atom. The van der Waals surface area contributed by atoms with Crippen molar-refractivity contribution in [1.29, 1.82) is 0 Å². The lowest BCUT2D eigenvalue weighted by Crippen LogP contribution is -2.47. The predicted molar refractivity (Wildman–Crippen MR) is 61.9 cm³/mol. The minimum absolute atomic E-state index is 0.00211. The second-order valence-electron chi connectivity index (χ2n) is 4.44. The summed E-state index contributed by atoms with van der Waals surface area (Å²) in [4.78, 5) is 3.83. The van der Waals surface area contributed by atoms with Crippen LogP contribution in [0.3, 0.4) is 0 Å². The Morgan fingerprint density at radius 2 is 2.29 bits per heavy atom. The van der Waals surface area contributed by atoms with Crippen molar-refractivity contribution in [3.8, 4) is 0 Å². The number of aryl methyl sites for hydroxylation is 1. The average Bonchev–Trinajstić information content (AvgIpc) is 2.73. The van der Waals surface area contributed by atoms with Gasteiger partial charge in [-0.05, 0) is 26.2 Å². The number of rotatable bonds is 5. The molecule has 1 heterocycles. The van der Waals surface area contributed by atoms with Crippen LogP contribution in [0.25, 0.3) is 0 Å². The molecule has 0 aromatic carbocycles. The second-order valence-corrected chi connectivity index (χ2v) is 6.16. The molecule has 0 bridgehead atoms. The Morgan fingerprint density at radius 1 is 1.59 bits per heavy atom. The SMILES string of the molecule is CCn1cnc(S(=O)(=O)NCC2(O)CCC2)c1. The molecule has 1 fully saturated rings. The summed E-state index contributed by atoms with van der Waals surface area (Å²) in [6, 6.07) is 0. The highest BCUT2D eigenvalue weighted by Crippen LogP contribution is 2.30. The maximum absolute atomic E-state index is 11.9. The first-order chi connectivity index (χ1) is 7.95. The van der Waals surface area contributed by atoms with E-state index in [2.05, 4.69) is 9.71 Å². The molecule has 96 valence electrons. The molecule has 17 heavy (non-hydrogen) atoms. The molecule has 1 saturated carbocycles. The van der Waals surface area contributed by atoms with Crippen molar-refractivity contribution in [1.82, 2.24) is 14.3 Å². The zero-order valence-corrected chi connectivity index (χ0v) is 10.6. The van der Waals surface area contributed by atoms with Crippen LogP contribution >= 0.6 is 0 Å². The number of aromatic nitrogens is 2. The van der Waals surface area contributed by atoms with Crippen LogP contribution in [0.15, 0.2) is 17.6 Å². The molecule has 6 nitrogen and oxygen atoms in total. The molecule has 0 atom stereocenters. The minimum Gasteiger partial charge on any atom is -0.389 e. The maximum Gasteiger partial charge on any atom is 0.259 e. The van der Waals surface area contributed by atoms with Crippen LogP contribution in [0.4, 0.5) is 0 Å². The topological polar surface area (TPSA) is 84.2 Å². The van der Waals surface area contributed by atoms with E-state index in [-0.39, 0.29) is 11.6 Å². The minimum atomic E-state index is -3.60. The third-order valence-electron chi connectivity index (χ3n) is 3.13. The molecule has 0 unspecified atom stereocenters. The van der Waals surface area contributed by atoms with Gasteiger partial charge in [-0.3, -0.25) is 0 Å². The average molecular weight is 259 g/mol. The van der Waals surface area contributed by atoms with E-state index in [1.807, 2.05) is 6.92 Å². The molecule has 0 radical (unpaired) electrons. The van der Waals surface area contributed by atoms with Crippen LogP contribution in [0.1, 0.15) is 26.2 Å². The van der Waals surface area contributed by atoms with Crippen LogP contribution in [-0.2, 0) is 16.6 Å². The van der Waals surface area contributed by atoms with Gasteiger partial charge >= 0.3 is 0 Å². The lowest BCUT2D eigenvalue weighted by molar-refractivity contribution is -0.0271. The molecule has 1 aliphatic carbocycles. The fraction of sp³-hybridized carbons (Fsp3) is 0.700. The number of imidazole rings is 1. The van der Waals surface area contributed by atoms with Gasteiger partial charge in [-0.25, -0.2) is 18.1 Å². The first-order valence-electron chi connectivity index (χ1n) is 5.69. The fourth-order valence-electron chi connectivity index (χ4n) is 1.72. The van der Waals surface area contributed by atoms with Gasteiger partial charge in [-0.1, -0.05) is 0 Å². The molecule has 0 saturated heterocycles. The van der Waals surface area contributed by atoms with Gasteiger partial charge in [0.05, 0.1) is 11.9 Å². The summed E-state index contributed by atoms with van der Waals surface area (Å²) in [6.07, 6.45) is 5.21. The van der Waals surface area contributed by atoms with E-state index in [0.29, 0.717) is 19.4 Å². The first-order valence-corrected chi connectivity index (χ1v) is 7.17. The highest BCUT2D eigenvalue weighted by Gasteiger charge is 2.35. The summed E-state index contributed by atoms with van der Waals surface area (Å²) in [5, 5.41) is 9.82. The lowest BCUT2D eigenvalue weighted by atomic mass is 9.81. The number of hydrogen-bond acceptors (Lipinski definition) is 4. The Bertz CT molecular complexity index is 491. The lowest BCUT2D eigenvalue weighted by Gasteiger charge is -2.36. The van der Waals surface area contributed by atoms with E-state index >= 15 is 0 Å². The zero-order valence-electron chi connectivity index (χ0n) is 9.76. The molecule has 0 aliphatic heterocycles. The molecule has 0 spiro atoms. The van der Waals surface area contributed by atoms with E-state index in [0.717, 1.165) is 6.42 Å². The van der Waals surface area contributed by atoms with E-state index in [1.54, 1.807) is 4.57 Å². The molecule has 1 aromatic heterocycles. The molecular weight excluding hydrogens is 242 g/mol. The van der Waals surface area contributed by atoms with Gasteiger partial charge in [0.2, 0.25) is 0 Å². The van der Waals surface area contributed by atoms with Gasteiger partial charge in [0.15, 0.2) is 5.03 Å². The van der Waals surface area contributed by atoms with Crippen molar-refractivity contribution in [3.63, 3.8) is 0 Å². The predicted octanol–water partition coefficient (Wildman–Crippen LogP) is 0.0963. The summed E-state index contributed by atoms with van der Waals surface area (Å²) >= 11 is 0. The van der Waals surface area contributed by atoms with E-state index in [9.17, 15) is 13.5 Å². The normalized spacial score (nSPS) is 18.9. The molecule has 1 aromatic rings. The van der Waals surface area contributed by atoms with Crippen LogP contribution in [0.2, 0.25) is 0 Å². The zero-order chi connectivity index (χ0) is 12.5. The summed E-state index contributed by atoms with van der Waals surface area (Å²) in [7, 11) is -3.60. The Hall–Kier alpha value is -0.920. The first kappa shape index (κ1) is 12.5. The summed E-state index contributed by atoms with van der Waals surface area (Å²) in [6.45, 7) is 2.64. The molecule has 2 N–H and O–H groups in total. The second kappa shape index (κ2) is 4.40. The Balaban J connectivity index is 2.03. The van der Waals surface area contributed by atoms with Gasteiger partial charge in [0.25, 0.3) is 10.0 Å². The largest absolute Gasteiger partial charge is 0.389 e. The van der Waals surface area contributed by atoms with Crippen molar-refractivity contribution >= 4 is 10.0 Å². The van der Waals surface area contributed by atoms with E-state index in [1.165, 1.54) is 12.5 Å². The third kappa shape index (κ3) is 2.67. The Kier molecular flexibility index (Phi) is 3.24. The smallest absolute Gasteiger partial charge is 0.259 e. The van der Waals surface area contributed by atoms with Gasteiger partial charge < -0.3 is 9.67 Å². The van der Waals surface area contributed by atoms with Gasteiger partial charge in [-0.2, -0.15) is 0 Å². The maximum atomic E-state index is 11.9. The number of nitrogens with one attached hydrogen (secondary N) is 1. The van der Waals surface area contributed by atoms with E-state index < -0.39 is 15.6 Å². The molecule has 1 aliphatic rings. The Labute approximate surface area is 101 Å². The highest BCUT2D eigenvalue weighted by molar-refractivity contribution is 7.89. The van der Waals surface area contributed by atoms with Crippen molar-refractivity contribution in [2.75, 3.05) is 6.54 Å². The van der Waals surface area contributed by atoms with Crippen molar-refractivity contribution < 1.29 is 13.5 Å². The van der Waals surface area contributed by atoms with Crippen molar-refractivity contribution in [3.05, 3.63) is 12.5 Å². The van der Waals surface area contributed by atoms with Gasteiger partial charge in [0.1, 0.15) is 0 Å². The summed E-state index contributed by atoms with van der Waals surface area (Å²) in [5.41, 5.74) is -0.861. The standard InChI is InChI=1S/C10H17N3O3S/c1-2-13-6-9(11-8-13)17(15,16)12-7-10(14)4-3-5-10/h6,8,12,14H,2-5,7H2,1H3. The number of hydrogen-bond donors (Lipinski definition) is 2. The van der Waals surface area contributed by atoms with Gasteiger partial charge in [0, 0.05) is 19.3 Å². The van der Waals surface area contributed by atoms with Crippen molar-refractivity contribution in [2.45, 2.75) is 43.4 Å². The molecule has 0 amide bonds. The third-order valence-corrected chi connectivity index (χ3v) is 4.41. The number of sulfonamides is 1. The number of aliphatic hydroxyl groups is 1. The number of nitrogens with zero attached hydrogens (tertiary/aromatic N) is 2. The molecule has 7 heteroatoms. The highest BCUT2D eigenvalue weighted by atomic mass is 32.2. The van der Waals surface area contributed by atoms with Crippen LogP contribution < -0.4 is 4.72 Å². The fourth-order valence-corrected chi connectivity index (χ4v) is 2.78.